The Kier molecular flexibility index (Phi) is 5.67. The normalized spacial score (nSPS) is 16.2. The van der Waals surface area contributed by atoms with Gasteiger partial charge in [-0.25, -0.2) is 0 Å². The number of benzene rings is 1. The van der Waals surface area contributed by atoms with Gasteiger partial charge in [0.2, 0.25) is 0 Å². The highest BCUT2D eigenvalue weighted by molar-refractivity contribution is 5.91. The summed E-state index contributed by atoms with van der Waals surface area (Å²) in [7, 11) is 1.60. The molecule has 0 spiro atoms. The molecule has 1 fully saturated rings. The zero-order chi connectivity index (χ0) is 16.8. The first-order valence-corrected chi connectivity index (χ1v) is 8.42. The van der Waals surface area contributed by atoms with E-state index >= 15 is 0 Å². The van der Waals surface area contributed by atoms with Gasteiger partial charge < -0.3 is 19.4 Å². The van der Waals surface area contributed by atoms with Crippen LogP contribution >= 0.6 is 0 Å². The van der Waals surface area contributed by atoms with Crippen molar-refractivity contribution >= 4 is 5.91 Å². The number of likely N-dealkylation sites (tertiary alicyclic amines) is 1. The number of rotatable bonds is 7. The first-order valence-electron chi connectivity index (χ1n) is 8.42. The molecule has 2 aromatic rings. The molecule has 3 rings (SSSR count). The van der Waals surface area contributed by atoms with Gasteiger partial charge in [-0.2, -0.15) is 0 Å². The maximum atomic E-state index is 12.6. The van der Waals surface area contributed by atoms with Gasteiger partial charge >= 0.3 is 0 Å². The Bertz CT molecular complexity index is 648. The quantitative estimate of drug-likeness (QED) is 0.849. The molecule has 128 valence electrons. The molecular weight excluding hydrogens is 304 g/mol. The number of ether oxygens (including phenoxy) is 1. The third kappa shape index (κ3) is 4.24. The van der Waals surface area contributed by atoms with Crippen LogP contribution in [0.4, 0.5) is 0 Å². The van der Waals surface area contributed by atoms with Crippen LogP contribution in [0, 0.1) is 0 Å². The lowest BCUT2D eigenvalue weighted by Gasteiger charge is -2.24. The van der Waals surface area contributed by atoms with Crippen molar-refractivity contribution in [1.82, 2.24) is 10.2 Å². The van der Waals surface area contributed by atoms with Gasteiger partial charge in [0, 0.05) is 13.7 Å². The second kappa shape index (κ2) is 8.13. The Hall–Kier alpha value is -2.11. The molecule has 5 nitrogen and oxygen atoms in total. The van der Waals surface area contributed by atoms with Crippen LogP contribution in [0.3, 0.4) is 0 Å². The van der Waals surface area contributed by atoms with Gasteiger partial charge in [0.15, 0.2) is 5.76 Å². The first-order chi connectivity index (χ1) is 11.8. The molecule has 5 heteroatoms. The first kappa shape index (κ1) is 16.7. The van der Waals surface area contributed by atoms with E-state index in [1.165, 1.54) is 12.8 Å². The molecule has 1 aliphatic heterocycles. The third-order valence-corrected chi connectivity index (χ3v) is 4.32. The fraction of sp³-hybridized carbons (Fsp3) is 0.421. The Morgan fingerprint density at radius 2 is 1.96 bits per heavy atom. The topological polar surface area (TPSA) is 54.7 Å². The van der Waals surface area contributed by atoms with Crippen molar-refractivity contribution in [2.75, 3.05) is 26.7 Å². The van der Waals surface area contributed by atoms with Gasteiger partial charge in [0.1, 0.15) is 12.4 Å². The SMILES string of the molecule is COCc1ccc(C(=O)NC(CN2CCCC2)c2ccccc2)o1. The number of carbonyl (C=O) groups is 1. The van der Waals surface area contributed by atoms with E-state index in [0.29, 0.717) is 18.1 Å². The predicted octanol–water partition coefficient (Wildman–Crippen LogP) is 2.99. The summed E-state index contributed by atoms with van der Waals surface area (Å²) in [5.41, 5.74) is 1.11. The average molecular weight is 328 g/mol. The lowest BCUT2D eigenvalue weighted by molar-refractivity contribution is 0.0890. The number of carbonyl (C=O) groups excluding carboxylic acids is 1. The number of amides is 1. The summed E-state index contributed by atoms with van der Waals surface area (Å²) in [4.78, 5) is 15.0. The van der Waals surface area contributed by atoms with Crippen LogP contribution in [-0.4, -0.2) is 37.6 Å². The van der Waals surface area contributed by atoms with E-state index in [9.17, 15) is 4.79 Å². The van der Waals surface area contributed by atoms with Crippen molar-refractivity contribution in [2.45, 2.75) is 25.5 Å². The summed E-state index contributed by atoms with van der Waals surface area (Å²) in [6.07, 6.45) is 2.46. The van der Waals surface area contributed by atoms with E-state index in [2.05, 4.69) is 22.3 Å². The zero-order valence-corrected chi connectivity index (χ0v) is 14.0. The van der Waals surface area contributed by atoms with E-state index in [1.54, 1.807) is 19.2 Å². The fourth-order valence-corrected chi connectivity index (χ4v) is 3.09. The summed E-state index contributed by atoms with van der Waals surface area (Å²) >= 11 is 0. The minimum atomic E-state index is -0.189. The number of furan rings is 1. The van der Waals surface area contributed by atoms with E-state index in [1.807, 2.05) is 18.2 Å². The maximum absolute atomic E-state index is 12.6. The van der Waals surface area contributed by atoms with Crippen LogP contribution in [0.5, 0.6) is 0 Å². The smallest absolute Gasteiger partial charge is 0.287 e. The van der Waals surface area contributed by atoms with Crippen molar-refractivity contribution in [3.8, 4) is 0 Å². The molecule has 0 bridgehead atoms. The van der Waals surface area contributed by atoms with E-state index in [-0.39, 0.29) is 11.9 Å². The Morgan fingerprint density at radius 1 is 1.21 bits per heavy atom. The summed E-state index contributed by atoms with van der Waals surface area (Å²) in [6, 6.07) is 13.5. The van der Waals surface area contributed by atoms with Crippen molar-refractivity contribution in [1.29, 1.82) is 0 Å². The number of nitrogens with zero attached hydrogens (tertiary/aromatic N) is 1. The number of hydrogen-bond acceptors (Lipinski definition) is 4. The highest BCUT2D eigenvalue weighted by Crippen LogP contribution is 2.19. The van der Waals surface area contributed by atoms with Crippen molar-refractivity contribution in [3.63, 3.8) is 0 Å². The van der Waals surface area contributed by atoms with E-state index in [0.717, 1.165) is 25.2 Å². The van der Waals surface area contributed by atoms with Gasteiger partial charge in [0.25, 0.3) is 5.91 Å². The summed E-state index contributed by atoms with van der Waals surface area (Å²) < 4.78 is 10.6. The molecule has 1 saturated heterocycles. The van der Waals surface area contributed by atoms with Crippen molar-refractivity contribution in [2.24, 2.45) is 0 Å². The molecule has 24 heavy (non-hydrogen) atoms. The predicted molar refractivity (Wildman–Crippen MR) is 91.7 cm³/mol. The molecule has 2 heterocycles. The number of methoxy groups -OCH3 is 1. The Balaban J connectivity index is 1.71. The van der Waals surface area contributed by atoms with E-state index < -0.39 is 0 Å². The van der Waals surface area contributed by atoms with Crippen LogP contribution in [0.15, 0.2) is 46.9 Å². The minimum absolute atomic E-state index is 0.0484. The molecule has 0 aliphatic carbocycles. The van der Waals surface area contributed by atoms with Crippen LogP contribution in [0.25, 0.3) is 0 Å². The summed E-state index contributed by atoms with van der Waals surface area (Å²) in [6.45, 7) is 3.38. The Labute approximate surface area is 142 Å². The minimum Gasteiger partial charge on any atom is -0.453 e. The van der Waals surface area contributed by atoms with E-state index in [4.69, 9.17) is 9.15 Å². The average Bonchev–Trinajstić information content (AvgIpc) is 3.27. The maximum Gasteiger partial charge on any atom is 0.287 e. The molecule has 0 radical (unpaired) electrons. The van der Waals surface area contributed by atoms with Gasteiger partial charge in [-0.05, 0) is 43.6 Å². The van der Waals surface area contributed by atoms with Gasteiger partial charge in [-0.3, -0.25) is 4.79 Å². The Morgan fingerprint density at radius 3 is 2.67 bits per heavy atom. The second-order valence-electron chi connectivity index (χ2n) is 6.14. The second-order valence-corrected chi connectivity index (χ2v) is 6.14. The molecular formula is C19H24N2O3. The molecule has 0 saturated carbocycles. The lowest BCUT2D eigenvalue weighted by Crippen LogP contribution is -2.36. The largest absolute Gasteiger partial charge is 0.453 e. The van der Waals surface area contributed by atoms with Gasteiger partial charge in [-0.1, -0.05) is 30.3 Å². The number of hydrogen-bond donors (Lipinski definition) is 1. The molecule has 1 unspecified atom stereocenters. The number of nitrogens with one attached hydrogen (secondary N) is 1. The molecule has 1 atom stereocenters. The van der Waals surface area contributed by atoms with Gasteiger partial charge in [-0.15, -0.1) is 0 Å². The lowest BCUT2D eigenvalue weighted by atomic mass is 10.1. The highest BCUT2D eigenvalue weighted by atomic mass is 16.5. The summed E-state index contributed by atoms with van der Waals surface area (Å²) in [5, 5.41) is 3.12. The molecule has 1 N–H and O–H groups in total. The van der Waals surface area contributed by atoms with Crippen LogP contribution in [0.2, 0.25) is 0 Å². The molecule has 1 aromatic heterocycles. The third-order valence-electron chi connectivity index (χ3n) is 4.32. The summed E-state index contributed by atoms with van der Waals surface area (Å²) in [5.74, 6) is 0.785. The van der Waals surface area contributed by atoms with Crippen LogP contribution in [0.1, 0.15) is 40.8 Å². The highest BCUT2D eigenvalue weighted by Gasteiger charge is 2.22. The zero-order valence-electron chi connectivity index (χ0n) is 14.0. The van der Waals surface area contributed by atoms with Crippen molar-refractivity contribution in [3.05, 3.63) is 59.5 Å². The molecule has 1 aromatic carbocycles. The van der Waals surface area contributed by atoms with Gasteiger partial charge in [0.05, 0.1) is 6.04 Å². The standard InChI is InChI=1S/C19H24N2O3/c1-23-14-16-9-10-18(24-16)19(22)20-17(13-21-11-5-6-12-21)15-7-3-2-4-8-15/h2-4,7-10,17H,5-6,11-14H2,1H3,(H,20,22). The fourth-order valence-electron chi connectivity index (χ4n) is 3.09. The monoisotopic (exact) mass is 328 g/mol. The van der Waals surface area contributed by atoms with Crippen molar-refractivity contribution < 1.29 is 13.9 Å². The molecule has 1 aliphatic rings. The molecule has 1 amide bonds. The van der Waals surface area contributed by atoms with Crippen LogP contribution < -0.4 is 5.32 Å². The van der Waals surface area contributed by atoms with Crippen LogP contribution in [-0.2, 0) is 11.3 Å².